The zero-order chi connectivity index (χ0) is 13.6. The molecule has 0 bridgehead atoms. The fourth-order valence-electron chi connectivity index (χ4n) is 2.00. The molecular formula is C14H16N4O. The summed E-state index contributed by atoms with van der Waals surface area (Å²) in [5.41, 5.74) is 9.44. The molecular weight excluding hydrogens is 240 g/mol. The molecule has 1 aromatic carbocycles. The maximum atomic E-state index is 5.74. The molecule has 0 spiro atoms. The molecule has 0 radical (unpaired) electrons. The van der Waals surface area contributed by atoms with Crippen LogP contribution in [-0.2, 0) is 5.41 Å². The second-order valence-electron chi connectivity index (χ2n) is 5.67. The van der Waals surface area contributed by atoms with Crippen LogP contribution in [0, 0.1) is 0 Å². The van der Waals surface area contributed by atoms with Gasteiger partial charge in [-0.05, 0) is 17.7 Å². The quantitative estimate of drug-likeness (QED) is 0.701. The fourth-order valence-corrected chi connectivity index (χ4v) is 2.00. The highest BCUT2D eigenvalue weighted by Gasteiger charge is 2.18. The number of fused-ring (bicyclic) bond motifs is 1. The molecule has 0 unspecified atom stereocenters. The summed E-state index contributed by atoms with van der Waals surface area (Å²) in [6.45, 7) is 6.39. The van der Waals surface area contributed by atoms with Crippen molar-refractivity contribution < 1.29 is 4.52 Å². The highest BCUT2D eigenvalue weighted by Crippen LogP contribution is 2.29. The second kappa shape index (κ2) is 3.85. The van der Waals surface area contributed by atoms with Gasteiger partial charge in [0.05, 0.1) is 22.8 Å². The summed E-state index contributed by atoms with van der Waals surface area (Å²) in [6, 6.07) is 5.96. The van der Waals surface area contributed by atoms with Gasteiger partial charge in [0, 0.05) is 5.41 Å². The summed E-state index contributed by atoms with van der Waals surface area (Å²) in [7, 11) is 0. The molecule has 0 aliphatic rings. The van der Waals surface area contributed by atoms with Crippen LogP contribution in [0.4, 0.5) is 5.88 Å². The molecule has 19 heavy (non-hydrogen) atoms. The number of nitrogens with two attached hydrogens (primary N) is 1. The first kappa shape index (κ1) is 11.8. The number of nitrogens with zero attached hydrogens (tertiary/aromatic N) is 2. The van der Waals surface area contributed by atoms with Crippen molar-refractivity contribution in [3.8, 4) is 11.1 Å². The summed E-state index contributed by atoms with van der Waals surface area (Å²) in [5.74, 6) is 1.30. The lowest BCUT2D eigenvalue weighted by Gasteiger charge is -2.13. The Bertz CT molecular complexity index is 733. The fraction of sp³-hybridized carbons (Fsp3) is 0.286. The van der Waals surface area contributed by atoms with Crippen molar-refractivity contribution in [2.75, 3.05) is 5.73 Å². The highest BCUT2D eigenvalue weighted by molar-refractivity contribution is 5.84. The average Bonchev–Trinajstić information content (AvgIpc) is 2.92. The van der Waals surface area contributed by atoms with E-state index in [1.807, 2.05) is 18.2 Å². The third-order valence-corrected chi connectivity index (χ3v) is 3.10. The topological polar surface area (TPSA) is 80.7 Å². The Labute approximate surface area is 110 Å². The number of hydrogen-bond donors (Lipinski definition) is 2. The molecule has 0 fully saturated rings. The van der Waals surface area contributed by atoms with Crippen molar-refractivity contribution in [1.29, 1.82) is 0 Å². The van der Waals surface area contributed by atoms with Gasteiger partial charge in [-0.2, -0.15) is 0 Å². The van der Waals surface area contributed by atoms with Crippen LogP contribution < -0.4 is 5.73 Å². The van der Waals surface area contributed by atoms with Gasteiger partial charge in [0.2, 0.25) is 5.88 Å². The maximum Gasteiger partial charge on any atom is 0.229 e. The minimum Gasteiger partial charge on any atom is -0.367 e. The van der Waals surface area contributed by atoms with Crippen LogP contribution in [-0.4, -0.2) is 15.1 Å². The Morgan fingerprint density at radius 3 is 2.68 bits per heavy atom. The normalized spacial score (nSPS) is 12.2. The first-order valence-corrected chi connectivity index (χ1v) is 6.16. The molecule has 98 valence electrons. The number of hydrogen-bond acceptors (Lipinski definition) is 4. The second-order valence-corrected chi connectivity index (χ2v) is 5.67. The Morgan fingerprint density at radius 2 is 2.05 bits per heavy atom. The Hall–Kier alpha value is -2.30. The van der Waals surface area contributed by atoms with Gasteiger partial charge in [-0.1, -0.05) is 32.0 Å². The summed E-state index contributed by atoms with van der Waals surface area (Å²) < 4.78 is 4.89. The Balaban J connectivity index is 2.14. The molecule has 2 heterocycles. The van der Waals surface area contributed by atoms with E-state index in [1.165, 1.54) is 0 Å². The molecule has 3 aromatic rings. The smallest absolute Gasteiger partial charge is 0.229 e. The van der Waals surface area contributed by atoms with E-state index in [2.05, 4.69) is 35.9 Å². The van der Waals surface area contributed by atoms with Crippen molar-refractivity contribution in [3.05, 3.63) is 30.2 Å². The molecule has 0 aliphatic heterocycles. The molecule has 5 heteroatoms. The van der Waals surface area contributed by atoms with E-state index >= 15 is 0 Å². The number of nitrogen functional groups attached to an aromatic ring is 1. The summed E-state index contributed by atoms with van der Waals surface area (Å²) in [5, 5.41) is 3.70. The summed E-state index contributed by atoms with van der Waals surface area (Å²) in [6.07, 6.45) is 1.62. The van der Waals surface area contributed by atoms with Gasteiger partial charge in [0.25, 0.3) is 0 Å². The number of aromatic amines is 1. The van der Waals surface area contributed by atoms with Crippen LogP contribution in [0.2, 0.25) is 0 Å². The van der Waals surface area contributed by atoms with Crippen molar-refractivity contribution in [3.63, 3.8) is 0 Å². The van der Waals surface area contributed by atoms with Gasteiger partial charge in [-0.25, -0.2) is 4.98 Å². The summed E-state index contributed by atoms with van der Waals surface area (Å²) in [4.78, 5) is 7.96. The zero-order valence-electron chi connectivity index (χ0n) is 11.2. The Morgan fingerprint density at radius 1 is 1.26 bits per heavy atom. The van der Waals surface area contributed by atoms with Crippen LogP contribution in [0.3, 0.4) is 0 Å². The number of rotatable bonds is 1. The Kier molecular flexibility index (Phi) is 2.38. The molecule has 0 saturated carbocycles. The van der Waals surface area contributed by atoms with E-state index < -0.39 is 0 Å². The van der Waals surface area contributed by atoms with Crippen LogP contribution in [0.1, 0.15) is 26.6 Å². The van der Waals surface area contributed by atoms with Gasteiger partial charge in [-0.15, -0.1) is 0 Å². The van der Waals surface area contributed by atoms with Crippen molar-refractivity contribution >= 4 is 16.9 Å². The van der Waals surface area contributed by atoms with Gasteiger partial charge < -0.3 is 15.2 Å². The van der Waals surface area contributed by atoms with E-state index in [1.54, 1.807) is 6.20 Å². The number of benzene rings is 1. The van der Waals surface area contributed by atoms with E-state index in [-0.39, 0.29) is 5.41 Å². The van der Waals surface area contributed by atoms with Crippen LogP contribution >= 0.6 is 0 Å². The minimum atomic E-state index is -0.00456. The monoisotopic (exact) mass is 256 g/mol. The highest BCUT2D eigenvalue weighted by atomic mass is 16.5. The van der Waals surface area contributed by atoms with E-state index in [9.17, 15) is 0 Å². The molecule has 0 saturated heterocycles. The van der Waals surface area contributed by atoms with Gasteiger partial charge in [-0.3, -0.25) is 0 Å². The van der Waals surface area contributed by atoms with Crippen LogP contribution in [0.25, 0.3) is 22.2 Å². The van der Waals surface area contributed by atoms with Gasteiger partial charge in [0.1, 0.15) is 5.82 Å². The molecule has 3 rings (SSSR count). The van der Waals surface area contributed by atoms with E-state index in [4.69, 9.17) is 10.3 Å². The zero-order valence-corrected chi connectivity index (χ0v) is 11.2. The maximum absolute atomic E-state index is 5.74. The number of aromatic nitrogens is 3. The van der Waals surface area contributed by atoms with Gasteiger partial charge >= 0.3 is 0 Å². The third-order valence-electron chi connectivity index (χ3n) is 3.10. The first-order valence-electron chi connectivity index (χ1n) is 6.16. The predicted octanol–water partition coefficient (Wildman–Crippen LogP) is 3.10. The standard InChI is InChI=1S/C14H16N4O/c1-14(2,3)13-17-10-5-4-8(6-11(10)18-13)9-7-16-19-12(9)15/h4-7H,15H2,1-3H3,(H,17,18). The van der Waals surface area contributed by atoms with Crippen molar-refractivity contribution in [2.45, 2.75) is 26.2 Å². The molecule has 2 aromatic heterocycles. The molecule has 0 aliphatic carbocycles. The number of H-pyrrole nitrogens is 1. The van der Waals surface area contributed by atoms with Crippen LogP contribution in [0.5, 0.6) is 0 Å². The number of imidazole rings is 1. The first-order chi connectivity index (χ1) is 8.95. The predicted molar refractivity (Wildman–Crippen MR) is 74.7 cm³/mol. The molecule has 0 atom stereocenters. The van der Waals surface area contributed by atoms with Crippen LogP contribution in [0.15, 0.2) is 28.9 Å². The lowest BCUT2D eigenvalue weighted by molar-refractivity contribution is 0.436. The van der Waals surface area contributed by atoms with Crippen molar-refractivity contribution in [2.24, 2.45) is 0 Å². The largest absolute Gasteiger partial charge is 0.367 e. The van der Waals surface area contributed by atoms with E-state index in [0.29, 0.717) is 5.88 Å². The molecule has 3 N–H and O–H groups in total. The number of anilines is 1. The van der Waals surface area contributed by atoms with E-state index in [0.717, 1.165) is 28.0 Å². The molecule has 5 nitrogen and oxygen atoms in total. The lowest BCUT2D eigenvalue weighted by atomic mass is 9.96. The van der Waals surface area contributed by atoms with Crippen molar-refractivity contribution in [1.82, 2.24) is 15.1 Å². The summed E-state index contributed by atoms with van der Waals surface area (Å²) >= 11 is 0. The average molecular weight is 256 g/mol. The molecule has 0 amide bonds. The van der Waals surface area contributed by atoms with Gasteiger partial charge in [0.15, 0.2) is 0 Å². The minimum absolute atomic E-state index is 0.00456. The third kappa shape index (κ3) is 1.97. The SMILES string of the molecule is CC(C)(C)c1nc2ccc(-c3cnoc3N)cc2[nH]1. The number of nitrogens with one attached hydrogen (secondary N) is 1. The lowest BCUT2D eigenvalue weighted by Crippen LogP contribution is -2.12.